The van der Waals surface area contributed by atoms with E-state index in [1.165, 1.54) is 122 Å². The van der Waals surface area contributed by atoms with Crippen molar-refractivity contribution in [1.29, 1.82) is 0 Å². The number of aliphatic hydroxyl groups is 4. The summed E-state index contributed by atoms with van der Waals surface area (Å²) in [6.07, 6.45) is 29.5. The van der Waals surface area contributed by atoms with E-state index in [0.717, 1.165) is 44.9 Å². The molecule has 1 fully saturated rings. The van der Waals surface area contributed by atoms with Gasteiger partial charge in [-0.05, 0) is 38.5 Å². The van der Waals surface area contributed by atoms with Crippen LogP contribution in [0.2, 0.25) is 0 Å². The lowest BCUT2D eigenvalue weighted by Crippen LogP contribution is -2.59. The van der Waals surface area contributed by atoms with Gasteiger partial charge >= 0.3 is 5.97 Å². The zero-order valence-corrected chi connectivity index (χ0v) is 32.9. The van der Waals surface area contributed by atoms with E-state index in [1.807, 2.05) is 0 Å². The predicted octanol–water partition coefficient (Wildman–Crippen LogP) is 8.86. The SMILES string of the molecule is CCCCC/C=C\CCCCCCCC(=O)OC(COCCCCCCCCCCCCCCCCCC)COC1OC(CO)C(O)C(O)C1O. The number of esters is 1. The van der Waals surface area contributed by atoms with Crippen LogP contribution in [0, 0.1) is 0 Å². The molecule has 1 rings (SSSR count). The number of hydrogen-bond acceptors (Lipinski definition) is 9. The fraction of sp³-hybridized carbons (Fsp3) is 0.929. The number of rotatable bonds is 36. The van der Waals surface area contributed by atoms with Crippen LogP contribution in [-0.2, 0) is 23.7 Å². The highest BCUT2D eigenvalue weighted by molar-refractivity contribution is 5.69. The van der Waals surface area contributed by atoms with Gasteiger partial charge in [0.05, 0.1) is 19.8 Å². The highest BCUT2D eigenvalue weighted by Crippen LogP contribution is 2.22. The fourth-order valence-corrected chi connectivity index (χ4v) is 6.54. The summed E-state index contributed by atoms with van der Waals surface area (Å²) >= 11 is 0. The van der Waals surface area contributed by atoms with Crippen molar-refractivity contribution in [3.63, 3.8) is 0 Å². The molecule has 9 heteroatoms. The fourth-order valence-electron chi connectivity index (χ4n) is 6.54. The van der Waals surface area contributed by atoms with Gasteiger partial charge < -0.3 is 39.4 Å². The van der Waals surface area contributed by atoms with E-state index in [-0.39, 0.29) is 19.2 Å². The molecule has 1 heterocycles. The lowest BCUT2D eigenvalue weighted by molar-refractivity contribution is -0.305. The molecule has 6 atom stereocenters. The first kappa shape index (κ1) is 48.0. The molecule has 0 bridgehead atoms. The third-order valence-corrected chi connectivity index (χ3v) is 9.93. The number of carbonyl (C=O) groups is 1. The van der Waals surface area contributed by atoms with Gasteiger partial charge in [-0.1, -0.05) is 154 Å². The summed E-state index contributed by atoms with van der Waals surface area (Å²) in [5.74, 6) is -0.321. The molecule has 51 heavy (non-hydrogen) atoms. The van der Waals surface area contributed by atoms with Crippen molar-refractivity contribution in [1.82, 2.24) is 0 Å². The van der Waals surface area contributed by atoms with Gasteiger partial charge in [-0.15, -0.1) is 0 Å². The van der Waals surface area contributed by atoms with Gasteiger partial charge in [0, 0.05) is 13.0 Å². The highest BCUT2D eigenvalue weighted by Gasteiger charge is 2.44. The van der Waals surface area contributed by atoms with Crippen LogP contribution < -0.4 is 0 Å². The minimum absolute atomic E-state index is 0.112. The molecule has 0 aromatic rings. The van der Waals surface area contributed by atoms with Crippen molar-refractivity contribution >= 4 is 5.97 Å². The molecule has 0 saturated carbocycles. The van der Waals surface area contributed by atoms with Crippen LogP contribution in [0.1, 0.15) is 187 Å². The van der Waals surface area contributed by atoms with Gasteiger partial charge in [0.2, 0.25) is 0 Å². The maximum Gasteiger partial charge on any atom is 0.306 e. The van der Waals surface area contributed by atoms with Crippen molar-refractivity contribution in [3.05, 3.63) is 12.2 Å². The third-order valence-electron chi connectivity index (χ3n) is 9.93. The van der Waals surface area contributed by atoms with E-state index in [0.29, 0.717) is 13.0 Å². The van der Waals surface area contributed by atoms with Gasteiger partial charge in [0.25, 0.3) is 0 Å². The first-order chi connectivity index (χ1) is 24.9. The number of carbonyl (C=O) groups excluding carboxylic acids is 1. The molecule has 302 valence electrons. The number of aliphatic hydroxyl groups excluding tert-OH is 4. The molecule has 4 N–H and O–H groups in total. The average molecular weight is 729 g/mol. The number of allylic oxidation sites excluding steroid dienone is 2. The van der Waals surface area contributed by atoms with E-state index in [1.54, 1.807) is 0 Å². The molecule has 0 spiro atoms. The Morgan fingerprint density at radius 1 is 0.608 bits per heavy atom. The molecule has 1 aliphatic heterocycles. The average Bonchev–Trinajstić information content (AvgIpc) is 3.13. The van der Waals surface area contributed by atoms with Crippen LogP contribution in [0.3, 0.4) is 0 Å². The summed E-state index contributed by atoms with van der Waals surface area (Å²) in [6.45, 7) is 4.54. The van der Waals surface area contributed by atoms with Crippen molar-refractivity contribution in [3.8, 4) is 0 Å². The standard InChI is InChI=1S/C42H80O9/c1-3-5-7-9-11-13-15-17-18-19-20-22-24-26-28-30-32-48-34-36(35-49-42-41(47)40(46)39(45)37(33-43)51-42)50-38(44)31-29-27-25-23-21-16-14-12-10-8-6-4-2/h12,14,36-37,39-43,45-47H,3-11,13,15-35H2,1-2H3/b14-12-. The Balaban J connectivity index is 2.27. The van der Waals surface area contributed by atoms with Crippen LogP contribution >= 0.6 is 0 Å². The van der Waals surface area contributed by atoms with Crippen molar-refractivity contribution < 1.29 is 44.2 Å². The Kier molecular flexibility index (Phi) is 32.6. The second-order valence-corrected chi connectivity index (χ2v) is 14.8. The minimum Gasteiger partial charge on any atom is -0.457 e. The predicted molar refractivity (Wildman–Crippen MR) is 206 cm³/mol. The molecule has 0 amide bonds. The summed E-state index contributed by atoms with van der Waals surface area (Å²) in [4.78, 5) is 12.7. The lowest BCUT2D eigenvalue weighted by Gasteiger charge is -2.39. The number of unbranched alkanes of at least 4 members (excludes halogenated alkanes) is 23. The molecular formula is C42H80O9. The van der Waals surface area contributed by atoms with Crippen LogP contribution in [-0.4, -0.2) is 89.6 Å². The highest BCUT2D eigenvalue weighted by atomic mass is 16.7. The molecule has 0 aromatic heterocycles. The Morgan fingerprint density at radius 2 is 1.08 bits per heavy atom. The Hall–Kier alpha value is -1.07. The van der Waals surface area contributed by atoms with E-state index in [4.69, 9.17) is 18.9 Å². The largest absolute Gasteiger partial charge is 0.457 e. The van der Waals surface area contributed by atoms with Crippen molar-refractivity contribution in [2.75, 3.05) is 26.4 Å². The van der Waals surface area contributed by atoms with Gasteiger partial charge in [-0.3, -0.25) is 4.79 Å². The van der Waals surface area contributed by atoms with Gasteiger partial charge in [-0.2, -0.15) is 0 Å². The van der Waals surface area contributed by atoms with Crippen LogP contribution in [0.25, 0.3) is 0 Å². The summed E-state index contributed by atoms with van der Waals surface area (Å²) in [6, 6.07) is 0. The second-order valence-electron chi connectivity index (χ2n) is 14.8. The molecule has 1 saturated heterocycles. The van der Waals surface area contributed by atoms with E-state index >= 15 is 0 Å². The number of ether oxygens (including phenoxy) is 4. The zero-order valence-electron chi connectivity index (χ0n) is 32.9. The Labute approximate surface area is 312 Å². The summed E-state index contributed by atoms with van der Waals surface area (Å²) in [5.41, 5.74) is 0. The summed E-state index contributed by atoms with van der Waals surface area (Å²) in [7, 11) is 0. The van der Waals surface area contributed by atoms with Crippen molar-refractivity contribution in [2.24, 2.45) is 0 Å². The smallest absolute Gasteiger partial charge is 0.306 e. The van der Waals surface area contributed by atoms with E-state index < -0.39 is 43.4 Å². The Morgan fingerprint density at radius 3 is 1.63 bits per heavy atom. The maximum atomic E-state index is 12.7. The van der Waals surface area contributed by atoms with Crippen LogP contribution in [0.5, 0.6) is 0 Å². The second kappa shape index (κ2) is 34.7. The first-order valence-corrected chi connectivity index (χ1v) is 21.3. The topological polar surface area (TPSA) is 135 Å². The van der Waals surface area contributed by atoms with Gasteiger partial charge in [0.15, 0.2) is 6.29 Å². The molecule has 6 unspecified atom stereocenters. The molecule has 9 nitrogen and oxygen atoms in total. The van der Waals surface area contributed by atoms with Crippen LogP contribution in [0.4, 0.5) is 0 Å². The molecular weight excluding hydrogens is 648 g/mol. The molecule has 0 aliphatic carbocycles. The Bertz CT molecular complexity index is 792. The van der Waals surface area contributed by atoms with Crippen LogP contribution in [0.15, 0.2) is 12.2 Å². The van der Waals surface area contributed by atoms with Crippen molar-refractivity contribution in [2.45, 2.75) is 224 Å². The summed E-state index contributed by atoms with van der Waals surface area (Å²) < 4.78 is 22.8. The first-order valence-electron chi connectivity index (χ1n) is 21.3. The van der Waals surface area contributed by atoms with E-state index in [2.05, 4.69) is 26.0 Å². The zero-order chi connectivity index (χ0) is 37.2. The molecule has 0 radical (unpaired) electrons. The monoisotopic (exact) mass is 729 g/mol. The lowest BCUT2D eigenvalue weighted by atomic mass is 9.99. The van der Waals surface area contributed by atoms with Gasteiger partial charge in [0.1, 0.15) is 30.5 Å². The third kappa shape index (κ3) is 26.4. The van der Waals surface area contributed by atoms with E-state index in [9.17, 15) is 25.2 Å². The van der Waals surface area contributed by atoms with Gasteiger partial charge in [-0.25, -0.2) is 0 Å². The minimum atomic E-state index is -1.53. The molecule has 0 aromatic carbocycles. The summed E-state index contributed by atoms with van der Waals surface area (Å²) in [5, 5.41) is 40.0. The normalized spacial score (nSPS) is 21.4. The maximum absolute atomic E-state index is 12.7. The molecule has 1 aliphatic rings. The number of hydrogen-bond donors (Lipinski definition) is 4. The quantitative estimate of drug-likeness (QED) is 0.0284.